The first-order valence-corrected chi connectivity index (χ1v) is 8.05. The van der Waals surface area contributed by atoms with E-state index in [1.165, 1.54) is 0 Å². The molecule has 0 aliphatic rings. The molecule has 0 saturated carbocycles. The van der Waals surface area contributed by atoms with Crippen molar-refractivity contribution in [1.29, 1.82) is 0 Å². The predicted molar refractivity (Wildman–Crippen MR) is 91.1 cm³/mol. The van der Waals surface area contributed by atoms with Crippen LogP contribution in [-0.4, -0.2) is 41.8 Å². The van der Waals surface area contributed by atoms with Crippen LogP contribution in [0.4, 0.5) is 10.5 Å². The average Bonchev–Trinajstić information content (AvgIpc) is 2.48. The van der Waals surface area contributed by atoms with Gasteiger partial charge in [0.25, 0.3) is 0 Å². The van der Waals surface area contributed by atoms with Gasteiger partial charge in [0, 0.05) is 24.8 Å². The zero-order valence-electron chi connectivity index (χ0n) is 14.1. The summed E-state index contributed by atoms with van der Waals surface area (Å²) < 4.78 is 0. The smallest absolute Gasteiger partial charge is 0.321 e. The number of carbonyl (C=O) groups excluding carboxylic acids is 1. The van der Waals surface area contributed by atoms with Crippen molar-refractivity contribution < 1.29 is 9.90 Å². The Bertz CT molecular complexity index is 442. The van der Waals surface area contributed by atoms with Gasteiger partial charge in [0.05, 0.1) is 6.10 Å². The summed E-state index contributed by atoms with van der Waals surface area (Å²) in [4.78, 5) is 13.7. The normalized spacial score (nSPS) is 13.5. The fourth-order valence-electron chi connectivity index (χ4n) is 2.20. The van der Waals surface area contributed by atoms with Gasteiger partial charge in [0.2, 0.25) is 0 Å². The van der Waals surface area contributed by atoms with Crippen molar-refractivity contribution in [3.63, 3.8) is 0 Å². The molecule has 0 spiro atoms. The minimum Gasteiger partial charge on any atom is -0.393 e. The van der Waals surface area contributed by atoms with E-state index < -0.39 is 0 Å². The molecule has 0 fully saturated rings. The van der Waals surface area contributed by atoms with E-state index in [4.69, 9.17) is 0 Å². The number of rotatable bonds is 8. The van der Waals surface area contributed by atoms with Crippen LogP contribution in [0.1, 0.15) is 45.7 Å². The van der Waals surface area contributed by atoms with E-state index in [-0.39, 0.29) is 18.2 Å². The molecule has 0 aliphatic carbocycles. The van der Waals surface area contributed by atoms with Crippen molar-refractivity contribution >= 4 is 11.7 Å². The molecule has 1 rings (SSSR count). The Labute approximate surface area is 133 Å². The predicted octanol–water partition coefficient (Wildman–Crippen LogP) is 2.98. The van der Waals surface area contributed by atoms with Crippen LogP contribution in [0.3, 0.4) is 0 Å². The minimum atomic E-state index is -0.280. The van der Waals surface area contributed by atoms with Gasteiger partial charge >= 0.3 is 6.03 Å². The summed E-state index contributed by atoms with van der Waals surface area (Å²) in [6, 6.07) is 8.01. The molecule has 0 aliphatic heterocycles. The van der Waals surface area contributed by atoms with E-state index in [2.05, 4.69) is 17.6 Å². The molecule has 2 amide bonds. The van der Waals surface area contributed by atoms with Crippen molar-refractivity contribution in [1.82, 2.24) is 10.2 Å². The van der Waals surface area contributed by atoms with E-state index in [0.29, 0.717) is 13.1 Å². The standard InChI is InChI=1S/C17H29N3O2/c1-5-20(6-2)17(22)19-16-9-7-15(8-10-16)14(4)18-12-11-13(3)21/h7-10,13-14,18,21H,5-6,11-12H2,1-4H3,(H,19,22). The molecule has 3 N–H and O–H groups in total. The molecular weight excluding hydrogens is 278 g/mol. The number of hydrogen-bond donors (Lipinski definition) is 3. The number of amides is 2. The average molecular weight is 307 g/mol. The van der Waals surface area contributed by atoms with Crippen LogP contribution in [0.5, 0.6) is 0 Å². The Hall–Kier alpha value is -1.59. The quantitative estimate of drug-likeness (QED) is 0.692. The van der Waals surface area contributed by atoms with Gasteiger partial charge in [0.1, 0.15) is 0 Å². The Kier molecular flexibility index (Phi) is 7.91. The summed E-state index contributed by atoms with van der Waals surface area (Å²) in [5.41, 5.74) is 1.96. The highest BCUT2D eigenvalue weighted by Gasteiger charge is 2.10. The van der Waals surface area contributed by atoms with Crippen LogP contribution < -0.4 is 10.6 Å². The Balaban J connectivity index is 2.53. The van der Waals surface area contributed by atoms with Gasteiger partial charge in [-0.3, -0.25) is 0 Å². The van der Waals surface area contributed by atoms with Crippen LogP contribution in [0.25, 0.3) is 0 Å². The molecule has 1 aromatic carbocycles. The first-order valence-electron chi connectivity index (χ1n) is 8.05. The van der Waals surface area contributed by atoms with Crippen LogP contribution in [0.15, 0.2) is 24.3 Å². The first-order chi connectivity index (χ1) is 10.5. The highest BCUT2D eigenvalue weighted by atomic mass is 16.3. The second-order valence-electron chi connectivity index (χ2n) is 5.54. The van der Waals surface area contributed by atoms with Crippen molar-refractivity contribution in [3.8, 4) is 0 Å². The van der Waals surface area contributed by atoms with Gasteiger partial charge in [-0.05, 0) is 58.4 Å². The molecule has 22 heavy (non-hydrogen) atoms. The third kappa shape index (κ3) is 6.03. The molecule has 5 nitrogen and oxygen atoms in total. The minimum absolute atomic E-state index is 0.0687. The van der Waals surface area contributed by atoms with Crippen LogP contribution >= 0.6 is 0 Å². The molecule has 0 saturated heterocycles. The summed E-state index contributed by atoms with van der Waals surface area (Å²) >= 11 is 0. The zero-order valence-corrected chi connectivity index (χ0v) is 14.1. The van der Waals surface area contributed by atoms with Gasteiger partial charge in [-0.2, -0.15) is 0 Å². The summed E-state index contributed by atoms with van der Waals surface area (Å²) in [6.45, 7) is 9.99. The first kappa shape index (κ1) is 18.5. The Morgan fingerprint density at radius 3 is 2.27 bits per heavy atom. The monoisotopic (exact) mass is 307 g/mol. The molecule has 0 aromatic heterocycles. The highest BCUT2D eigenvalue weighted by Crippen LogP contribution is 2.16. The number of aliphatic hydroxyl groups is 1. The number of carbonyl (C=O) groups is 1. The van der Waals surface area contributed by atoms with Crippen LogP contribution in [-0.2, 0) is 0 Å². The molecule has 2 unspecified atom stereocenters. The number of nitrogens with zero attached hydrogens (tertiary/aromatic N) is 1. The number of aliphatic hydroxyl groups excluding tert-OH is 1. The third-order valence-corrected chi connectivity index (χ3v) is 3.73. The maximum atomic E-state index is 12.0. The maximum Gasteiger partial charge on any atom is 0.321 e. The molecule has 1 aromatic rings. The lowest BCUT2D eigenvalue weighted by molar-refractivity contribution is 0.182. The molecule has 0 heterocycles. The summed E-state index contributed by atoms with van der Waals surface area (Å²) in [5, 5.41) is 15.5. The van der Waals surface area contributed by atoms with E-state index in [0.717, 1.165) is 24.2 Å². The molecule has 5 heteroatoms. The number of benzene rings is 1. The lowest BCUT2D eigenvalue weighted by Gasteiger charge is -2.20. The molecule has 0 radical (unpaired) electrons. The lowest BCUT2D eigenvalue weighted by atomic mass is 10.1. The zero-order chi connectivity index (χ0) is 16.5. The number of anilines is 1. The van der Waals surface area contributed by atoms with Gasteiger partial charge in [-0.1, -0.05) is 12.1 Å². The molecule has 0 bridgehead atoms. The number of nitrogens with one attached hydrogen (secondary N) is 2. The van der Waals surface area contributed by atoms with E-state index >= 15 is 0 Å². The largest absolute Gasteiger partial charge is 0.393 e. The number of hydrogen-bond acceptors (Lipinski definition) is 3. The summed E-state index contributed by atoms with van der Waals surface area (Å²) in [6.07, 6.45) is 0.458. The summed E-state index contributed by atoms with van der Waals surface area (Å²) in [5.74, 6) is 0. The molecule has 2 atom stereocenters. The van der Waals surface area contributed by atoms with Gasteiger partial charge in [0.15, 0.2) is 0 Å². The SMILES string of the molecule is CCN(CC)C(=O)Nc1ccc(C(C)NCCC(C)O)cc1. The topological polar surface area (TPSA) is 64.6 Å². The van der Waals surface area contributed by atoms with Crippen molar-refractivity contribution in [2.45, 2.75) is 46.3 Å². The van der Waals surface area contributed by atoms with Crippen molar-refractivity contribution in [2.24, 2.45) is 0 Å². The summed E-state index contributed by atoms with van der Waals surface area (Å²) in [7, 11) is 0. The Morgan fingerprint density at radius 2 is 1.77 bits per heavy atom. The maximum absolute atomic E-state index is 12.0. The van der Waals surface area contributed by atoms with Gasteiger partial charge in [-0.25, -0.2) is 4.79 Å². The Morgan fingerprint density at radius 1 is 1.18 bits per heavy atom. The molecule has 124 valence electrons. The fraction of sp³-hybridized carbons (Fsp3) is 0.588. The van der Waals surface area contributed by atoms with Gasteiger partial charge in [-0.15, -0.1) is 0 Å². The third-order valence-electron chi connectivity index (χ3n) is 3.73. The van der Waals surface area contributed by atoms with Crippen molar-refractivity contribution in [2.75, 3.05) is 25.0 Å². The van der Waals surface area contributed by atoms with E-state index in [1.807, 2.05) is 38.1 Å². The van der Waals surface area contributed by atoms with Gasteiger partial charge < -0.3 is 20.6 Å². The number of urea groups is 1. The molecular formula is C17H29N3O2. The highest BCUT2D eigenvalue weighted by molar-refractivity contribution is 5.89. The van der Waals surface area contributed by atoms with Crippen molar-refractivity contribution in [3.05, 3.63) is 29.8 Å². The van der Waals surface area contributed by atoms with Crippen LogP contribution in [0.2, 0.25) is 0 Å². The van der Waals surface area contributed by atoms with Crippen LogP contribution in [0, 0.1) is 0 Å². The van der Waals surface area contributed by atoms with E-state index in [1.54, 1.807) is 11.8 Å². The second kappa shape index (κ2) is 9.43. The second-order valence-corrected chi connectivity index (χ2v) is 5.54. The van der Waals surface area contributed by atoms with E-state index in [9.17, 15) is 9.90 Å². The fourth-order valence-corrected chi connectivity index (χ4v) is 2.20. The lowest BCUT2D eigenvalue weighted by Crippen LogP contribution is -2.34.